The number of nitrogens with zero attached hydrogens (tertiary/aromatic N) is 1. The van der Waals surface area contributed by atoms with Crippen molar-refractivity contribution in [3.05, 3.63) is 65.4 Å². The maximum Gasteiger partial charge on any atom is 0.338 e. The lowest BCUT2D eigenvalue weighted by molar-refractivity contribution is 0.0464. The van der Waals surface area contributed by atoms with Crippen molar-refractivity contribution in [2.24, 2.45) is 0 Å². The molecule has 4 rings (SSSR count). The van der Waals surface area contributed by atoms with Gasteiger partial charge in [0, 0.05) is 11.6 Å². The number of fused-ring (bicyclic) bond motifs is 1. The van der Waals surface area contributed by atoms with E-state index in [1.165, 1.54) is 5.56 Å². The van der Waals surface area contributed by atoms with Crippen molar-refractivity contribution in [2.75, 3.05) is 6.79 Å². The number of benzene rings is 2. The molecule has 0 N–H and O–H groups in total. The van der Waals surface area contributed by atoms with Crippen LogP contribution < -0.4 is 9.47 Å². The molecule has 0 spiro atoms. The van der Waals surface area contributed by atoms with E-state index in [1.807, 2.05) is 31.2 Å². The fourth-order valence-corrected chi connectivity index (χ4v) is 2.48. The Balaban J connectivity index is 1.41. The number of rotatable bonds is 4. The summed E-state index contributed by atoms with van der Waals surface area (Å²) in [4.78, 5) is 12.2. The Morgan fingerprint density at radius 1 is 1.08 bits per heavy atom. The van der Waals surface area contributed by atoms with E-state index in [0.29, 0.717) is 28.5 Å². The van der Waals surface area contributed by atoms with Crippen LogP contribution in [0.25, 0.3) is 11.3 Å². The second-order valence-electron chi connectivity index (χ2n) is 5.69. The second kappa shape index (κ2) is 6.32. The van der Waals surface area contributed by atoms with E-state index >= 15 is 0 Å². The molecule has 6 nitrogen and oxygen atoms in total. The monoisotopic (exact) mass is 337 g/mol. The summed E-state index contributed by atoms with van der Waals surface area (Å²) in [5, 5.41) is 3.94. The highest BCUT2D eigenvalue weighted by atomic mass is 16.7. The maximum absolute atomic E-state index is 12.2. The zero-order valence-corrected chi connectivity index (χ0v) is 13.5. The molecule has 0 saturated carbocycles. The minimum Gasteiger partial charge on any atom is -0.455 e. The fourth-order valence-electron chi connectivity index (χ4n) is 2.48. The predicted octanol–water partition coefficient (Wildman–Crippen LogP) is 3.74. The summed E-state index contributed by atoms with van der Waals surface area (Å²) < 4.78 is 21.1. The molecular formula is C19H15NO5. The molecule has 0 atom stereocenters. The molecule has 0 aliphatic carbocycles. The molecule has 6 heteroatoms. The normalized spacial score (nSPS) is 12.2. The Morgan fingerprint density at radius 2 is 1.88 bits per heavy atom. The Morgan fingerprint density at radius 3 is 2.72 bits per heavy atom. The lowest BCUT2D eigenvalue weighted by Gasteiger charge is -2.03. The van der Waals surface area contributed by atoms with E-state index in [1.54, 1.807) is 24.3 Å². The van der Waals surface area contributed by atoms with E-state index < -0.39 is 5.97 Å². The first-order valence-electron chi connectivity index (χ1n) is 7.78. The summed E-state index contributed by atoms with van der Waals surface area (Å²) in [5.41, 5.74) is 3.03. The Bertz CT molecular complexity index is 914. The van der Waals surface area contributed by atoms with Gasteiger partial charge in [-0.3, -0.25) is 0 Å². The highest BCUT2D eigenvalue weighted by molar-refractivity contribution is 5.90. The minimum absolute atomic E-state index is 0.0304. The molecule has 1 aliphatic heterocycles. The highest BCUT2D eigenvalue weighted by Crippen LogP contribution is 2.32. The summed E-state index contributed by atoms with van der Waals surface area (Å²) in [6.45, 7) is 2.21. The zero-order valence-electron chi connectivity index (χ0n) is 13.5. The number of esters is 1. The van der Waals surface area contributed by atoms with E-state index in [2.05, 4.69) is 5.16 Å². The lowest BCUT2D eigenvalue weighted by Crippen LogP contribution is -2.05. The first-order valence-corrected chi connectivity index (χ1v) is 7.78. The predicted molar refractivity (Wildman–Crippen MR) is 88.4 cm³/mol. The van der Waals surface area contributed by atoms with Crippen molar-refractivity contribution in [3.8, 4) is 22.8 Å². The molecule has 0 saturated heterocycles. The summed E-state index contributed by atoms with van der Waals surface area (Å²) in [6.07, 6.45) is 0. The number of hydrogen-bond acceptors (Lipinski definition) is 6. The lowest BCUT2D eigenvalue weighted by atomic mass is 10.1. The molecule has 0 fully saturated rings. The van der Waals surface area contributed by atoms with E-state index in [-0.39, 0.29) is 13.4 Å². The van der Waals surface area contributed by atoms with Gasteiger partial charge >= 0.3 is 5.97 Å². The van der Waals surface area contributed by atoms with Gasteiger partial charge in [0.1, 0.15) is 12.3 Å². The largest absolute Gasteiger partial charge is 0.455 e. The SMILES string of the molecule is Cc1ccc(-c2cc(COC(=O)c3ccc4c(c3)OCO4)no2)cc1. The molecule has 2 heterocycles. The molecule has 0 bridgehead atoms. The summed E-state index contributed by atoms with van der Waals surface area (Å²) in [5.74, 6) is 1.33. The van der Waals surface area contributed by atoms with E-state index in [4.69, 9.17) is 18.7 Å². The zero-order chi connectivity index (χ0) is 17.2. The molecule has 0 unspecified atom stereocenters. The van der Waals surface area contributed by atoms with Crippen LogP contribution in [-0.4, -0.2) is 17.9 Å². The van der Waals surface area contributed by atoms with Gasteiger partial charge in [0.05, 0.1) is 5.56 Å². The van der Waals surface area contributed by atoms with Crippen LogP contribution in [0.15, 0.2) is 53.1 Å². The first-order chi connectivity index (χ1) is 12.2. The van der Waals surface area contributed by atoms with Crippen molar-refractivity contribution in [3.63, 3.8) is 0 Å². The van der Waals surface area contributed by atoms with Crippen LogP contribution in [0.5, 0.6) is 11.5 Å². The fraction of sp³-hybridized carbons (Fsp3) is 0.158. The third-order valence-electron chi connectivity index (χ3n) is 3.85. The molecule has 3 aromatic rings. The van der Waals surface area contributed by atoms with Gasteiger partial charge in [0.25, 0.3) is 0 Å². The topological polar surface area (TPSA) is 70.8 Å². The van der Waals surface area contributed by atoms with E-state index in [0.717, 1.165) is 5.56 Å². The van der Waals surface area contributed by atoms with Gasteiger partial charge in [-0.2, -0.15) is 0 Å². The standard InChI is InChI=1S/C19H15NO5/c1-12-2-4-13(5-3-12)17-9-15(20-25-17)10-22-19(21)14-6-7-16-18(8-14)24-11-23-16/h2-9H,10-11H2,1H3. The number of carbonyl (C=O) groups excluding carboxylic acids is 1. The third-order valence-corrected chi connectivity index (χ3v) is 3.85. The molecule has 0 amide bonds. The smallest absolute Gasteiger partial charge is 0.338 e. The number of ether oxygens (including phenoxy) is 3. The van der Waals surface area contributed by atoms with Crippen LogP contribution >= 0.6 is 0 Å². The molecular weight excluding hydrogens is 322 g/mol. The molecule has 1 aromatic heterocycles. The number of carbonyl (C=O) groups is 1. The van der Waals surface area contributed by atoms with Gasteiger partial charge in [0.2, 0.25) is 6.79 Å². The van der Waals surface area contributed by atoms with Crippen molar-refractivity contribution in [1.82, 2.24) is 5.16 Å². The third kappa shape index (κ3) is 3.19. The van der Waals surface area contributed by atoms with Gasteiger partial charge in [-0.25, -0.2) is 4.79 Å². The quantitative estimate of drug-likeness (QED) is 0.676. The minimum atomic E-state index is -0.460. The van der Waals surface area contributed by atoms with Gasteiger partial charge in [-0.1, -0.05) is 35.0 Å². The summed E-state index contributed by atoms with van der Waals surface area (Å²) >= 11 is 0. The number of aromatic nitrogens is 1. The second-order valence-corrected chi connectivity index (χ2v) is 5.69. The summed E-state index contributed by atoms with van der Waals surface area (Å²) in [7, 11) is 0. The van der Waals surface area contributed by atoms with Crippen molar-refractivity contribution in [2.45, 2.75) is 13.5 Å². The molecule has 0 radical (unpaired) electrons. The van der Waals surface area contributed by atoms with Gasteiger partial charge < -0.3 is 18.7 Å². The van der Waals surface area contributed by atoms with Crippen LogP contribution in [0, 0.1) is 6.92 Å². The number of hydrogen-bond donors (Lipinski definition) is 0. The molecule has 25 heavy (non-hydrogen) atoms. The highest BCUT2D eigenvalue weighted by Gasteiger charge is 2.17. The Hall–Kier alpha value is -3.28. The van der Waals surface area contributed by atoms with Crippen LogP contribution in [0.3, 0.4) is 0 Å². The van der Waals surface area contributed by atoms with E-state index in [9.17, 15) is 4.79 Å². The average molecular weight is 337 g/mol. The van der Waals surface area contributed by atoms with Crippen LogP contribution in [0.4, 0.5) is 0 Å². The van der Waals surface area contributed by atoms with Crippen molar-refractivity contribution >= 4 is 5.97 Å². The summed E-state index contributed by atoms with van der Waals surface area (Å²) in [6, 6.07) is 14.6. The number of aryl methyl sites for hydroxylation is 1. The van der Waals surface area contributed by atoms with Crippen molar-refractivity contribution < 1.29 is 23.5 Å². The van der Waals surface area contributed by atoms with Crippen LogP contribution in [0.1, 0.15) is 21.6 Å². The van der Waals surface area contributed by atoms with Crippen LogP contribution in [0.2, 0.25) is 0 Å². The Labute approximate surface area is 143 Å². The Kier molecular flexibility index (Phi) is 3.85. The van der Waals surface area contributed by atoms with Crippen molar-refractivity contribution in [1.29, 1.82) is 0 Å². The first kappa shape index (κ1) is 15.3. The van der Waals surface area contributed by atoms with Gasteiger partial charge in [-0.15, -0.1) is 0 Å². The maximum atomic E-state index is 12.2. The molecule has 1 aliphatic rings. The average Bonchev–Trinajstić information content (AvgIpc) is 3.29. The van der Waals surface area contributed by atoms with Gasteiger partial charge in [0.15, 0.2) is 17.3 Å². The van der Waals surface area contributed by atoms with Gasteiger partial charge in [-0.05, 0) is 25.1 Å². The molecule has 126 valence electrons. The molecule has 2 aromatic carbocycles. The van der Waals surface area contributed by atoms with Crippen LogP contribution in [-0.2, 0) is 11.3 Å².